The van der Waals surface area contributed by atoms with Gasteiger partial charge in [-0.2, -0.15) is 5.26 Å². The standard InChI is InChI=1S/C21H19NO4/c1-2-3-15-4-8-17(9-5-15)21(25)18(13-22)12-16-6-10-19(11-7-16)26-14-20(23)24/h4-12H,2-3,14H2,1H3,(H,23,24)/b18-12-. The number of Topliss-reactive ketones (excluding diaryl/α,β-unsaturated/α-hetero) is 1. The largest absolute Gasteiger partial charge is 0.482 e. The molecule has 5 heteroatoms. The first kappa shape index (κ1) is 18.9. The Labute approximate surface area is 152 Å². The molecule has 132 valence electrons. The van der Waals surface area contributed by atoms with Crippen molar-refractivity contribution >= 4 is 17.8 Å². The predicted molar refractivity (Wildman–Crippen MR) is 97.9 cm³/mol. The zero-order valence-electron chi connectivity index (χ0n) is 14.4. The van der Waals surface area contributed by atoms with Crippen LogP contribution in [0, 0.1) is 11.3 Å². The summed E-state index contributed by atoms with van der Waals surface area (Å²) in [6.07, 6.45) is 3.48. The number of carbonyl (C=O) groups is 2. The fourth-order valence-corrected chi connectivity index (χ4v) is 2.39. The summed E-state index contributed by atoms with van der Waals surface area (Å²) in [5.74, 6) is -0.987. The summed E-state index contributed by atoms with van der Waals surface area (Å²) in [7, 11) is 0. The summed E-state index contributed by atoms with van der Waals surface area (Å²) in [6.45, 7) is 1.67. The van der Waals surface area contributed by atoms with Crippen molar-refractivity contribution in [2.45, 2.75) is 19.8 Å². The van der Waals surface area contributed by atoms with E-state index in [-0.39, 0.29) is 11.4 Å². The molecule has 0 bridgehead atoms. The normalized spacial score (nSPS) is 10.8. The summed E-state index contributed by atoms with van der Waals surface area (Å²) in [5.41, 5.74) is 2.31. The highest BCUT2D eigenvalue weighted by Crippen LogP contribution is 2.17. The third-order valence-corrected chi connectivity index (χ3v) is 3.67. The van der Waals surface area contributed by atoms with Crippen molar-refractivity contribution in [3.8, 4) is 11.8 Å². The van der Waals surface area contributed by atoms with E-state index in [0.29, 0.717) is 16.9 Å². The number of carbonyl (C=O) groups excluding carboxylic acids is 1. The Balaban J connectivity index is 2.14. The maximum absolute atomic E-state index is 12.5. The van der Waals surface area contributed by atoms with Crippen molar-refractivity contribution in [1.29, 1.82) is 5.26 Å². The van der Waals surface area contributed by atoms with Crippen LogP contribution in [0.5, 0.6) is 5.75 Å². The fourth-order valence-electron chi connectivity index (χ4n) is 2.39. The van der Waals surface area contributed by atoms with Gasteiger partial charge in [-0.05, 0) is 35.8 Å². The van der Waals surface area contributed by atoms with Gasteiger partial charge in [0, 0.05) is 5.56 Å². The number of nitriles is 1. The van der Waals surface area contributed by atoms with Gasteiger partial charge in [-0.25, -0.2) is 4.79 Å². The molecule has 0 aliphatic carbocycles. The third-order valence-electron chi connectivity index (χ3n) is 3.67. The summed E-state index contributed by atoms with van der Waals surface area (Å²) < 4.78 is 5.05. The van der Waals surface area contributed by atoms with Crippen LogP contribution in [0.2, 0.25) is 0 Å². The zero-order valence-corrected chi connectivity index (χ0v) is 14.4. The van der Waals surface area contributed by atoms with Crippen molar-refractivity contribution in [2.24, 2.45) is 0 Å². The van der Waals surface area contributed by atoms with E-state index in [1.54, 1.807) is 36.4 Å². The van der Waals surface area contributed by atoms with Gasteiger partial charge in [-0.15, -0.1) is 0 Å². The molecule has 0 aliphatic rings. The Bertz CT molecular complexity index is 843. The van der Waals surface area contributed by atoms with Crippen LogP contribution < -0.4 is 4.74 Å². The van der Waals surface area contributed by atoms with Crippen LogP contribution in [0.4, 0.5) is 0 Å². The minimum Gasteiger partial charge on any atom is -0.482 e. The van der Waals surface area contributed by atoms with E-state index in [2.05, 4.69) is 6.92 Å². The lowest BCUT2D eigenvalue weighted by Gasteiger charge is -2.04. The number of ketones is 1. The van der Waals surface area contributed by atoms with E-state index < -0.39 is 12.6 Å². The first-order valence-electron chi connectivity index (χ1n) is 8.23. The maximum Gasteiger partial charge on any atom is 0.341 e. The summed E-state index contributed by atoms with van der Waals surface area (Å²) >= 11 is 0. The van der Waals surface area contributed by atoms with Gasteiger partial charge in [-0.3, -0.25) is 4.79 Å². The molecule has 2 rings (SSSR count). The first-order chi connectivity index (χ1) is 12.5. The van der Waals surface area contributed by atoms with E-state index in [1.165, 1.54) is 6.08 Å². The highest BCUT2D eigenvalue weighted by Gasteiger charge is 2.12. The number of benzene rings is 2. The molecule has 26 heavy (non-hydrogen) atoms. The lowest BCUT2D eigenvalue weighted by Crippen LogP contribution is -2.09. The van der Waals surface area contributed by atoms with Crippen molar-refractivity contribution < 1.29 is 19.4 Å². The molecule has 0 saturated heterocycles. The minimum absolute atomic E-state index is 0.0347. The lowest BCUT2D eigenvalue weighted by molar-refractivity contribution is -0.139. The second-order valence-corrected chi connectivity index (χ2v) is 5.70. The van der Waals surface area contributed by atoms with E-state index >= 15 is 0 Å². The third kappa shape index (κ3) is 5.32. The number of hydrogen-bond donors (Lipinski definition) is 1. The number of aryl methyl sites for hydroxylation is 1. The van der Waals surface area contributed by atoms with Gasteiger partial charge in [0.25, 0.3) is 0 Å². The van der Waals surface area contributed by atoms with Gasteiger partial charge in [0.1, 0.15) is 17.4 Å². The second kappa shape index (κ2) is 9.19. The Morgan fingerprint density at radius 2 is 1.77 bits per heavy atom. The Kier molecular flexibility index (Phi) is 6.69. The molecule has 1 N–H and O–H groups in total. The molecular formula is C21H19NO4. The van der Waals surface area contributed by atoms with Gasteiger partial charge >= 0.3 is 5.97 Å². The molecule has 2 aromatic rings. The quantitative estimate of drug-likeness (QED) is 0.444. The molecule has 5 nitrogen and oxygen atoms in total. The monoisotopic (exact) mass is 349 g/mol. The molecule has 0 heterocycles. The number of ether oxygens (including phenoxy) is 1. The smallest absolute Gasteiger partial charge is 0.341 e. The van der Waals surface area contributed by atoms with Crippen molar-refractivity contribution in [3.63, 3.8) is 0 Å². The topological polar surface area (TPSA) is 87.4 Å². The molecule has 0 amide bonds. The van der Waals surface area contributed by atoms with E-state index in [4.69, 9.17) is 9.84 Å². The fraction of sp³-hybridized carbons (Fsp3) is 0.190. The zero-order chi connectivity index (χ0) is 18.9. The number of hydrogen-bond acceptors (Lipinski definition) is 4. The maximum atomic E-state index is 12.5. The Morgan fingerprint density at radius 1 is 1.12 bits per heavy atom. The highest BCUT2D eigenvalue weighted by atomic mass is 16.5. The van der Waals surface area contributed by atoms with Crippen molar-refractivity contribution in [3.05, 3.63) is 70.8 Å². The molecule has 0 aromatic heterocycles. The van der Waals surface area contributed by atoms with Gasteiger partial charge in [0.15, 0.2) is 6.61 Å². The van der Waals surface area contributed by atoms with Crippen LogP contribution in [-0.4, -0.2) is 23.5 Å². The summed E-state index contributed by atoms with van der Waals surface area (Å²) in [4.78, 5) is 23.0. The Hall–Kier alpha value is -3.39. The molecular weight excluding hydrogens is 330 g/mol. The highest BCUT2D eigenvalue weighted by molar-refractivity contribution is 6.14. The minimum atomic E-state index is -1.06. The SMILES string of the molecule is CCCc1ccc(C(=O)/C(C#N)=C\c2ccc(OCC(=O)O)cc2)cc1. The van der Waals surface area contributed by atoms with Crippen LogP contribution in [0.1, 0.15) is 34.8 Å². The molecule has 0 aliphatic heterocycles. The molecule has 2 aromatic carbocycles. The second-order valence-electron chi connectivity index (χ2n) is 5.70. The van der Waals surface area contributed by atoms with E-state index in [0.717, 1.165) is 18.4 Å². The van der Waals surface area contributed by atoms with Crippen LogP contribution in [0.25, 0.3) is 6.08 Å². The number of aliphatic carboxylic acids is 1. The Morgan fingerprint density at radius 3 is 2.31 bits per heavy atom. The molecule has 0 fully saturated rings. The molecule has 0 atom stereocenters. The van der Waals surface area contributed by atoms with Gasteiger partial charge < -0.3 is 9.84 Å². The number of allylic oxidation sites excluding steroid dienone is 1. The van der Waals surface area contributed by atoms with E-state index in [1.807, 2.05) is 18.2 Å². The lowest BCUT2D eigenvalue weighted by atomic mass is 10.00. The molecule has 0 spiro atoms. The predicted octanol–water partition coefficient (Wildman–Crippen LogP) is 3.89. The average molecular weight is 349 g/mol. The number of carboxylic acid groups (broad SMARTS) is 1. The van der Waals surface area contributed by atoms with Crippen molar-refractivity contribution in [1.82, 2.24) is 0 Å². The van der Waals surface area contributed by atoms with Crippen LogP contribution >= 0.6 is 0 Å². The molecule has 0 saturated carbocycles. The van der Waals surface area contributed by atoms with Crippen LogP contribution in [0.3, 0.4) is 0 Å². The number of rotatable bonds is 8. The van der Waals surface area contributed by atoms with Crippen LogP contribution in [0.15, 0.2) is 54.1 Å². The van der Waals surface area contributed by atoms with Crippen molar-refractivity contribution in [2.75, 3.05) is 6.61 Å². The van der Waals surface area contributed by atoms with Gasteiger partial charge in [-0.1, -0.05) is 49.7 Å². The average Bonchev–Trinajstić information content (AvgIpc) is 2.65. The summed E-state index contributed by atoms with van der Waals surface area (Å²) in [6, 6.07) is 15.7. The number of nitrogens with zero attached hydrogens (tertiary/aromatic N) is 1. The first-order valence-corrected chi connectivity index (χ1v) is 8.23. The van der Waals surface area contributed by atoms with Gasteiger partial charge in [0.2, 0.25) is 5.78 Å². The van der Waals surface area contributed by atoms with E-state index in [9.17, 15) is 14.9 Å². The molecule has 0 radical (unpaired) electrons. The molecule has 0 unspecified atom stereocenters. The summed E-state index contributed by atoms with van der Waals surface area (Å²) in [5, 5.41) is 17.9. The van der Waals surface area contributed by atoms with Gasteiger partial charge in [0.05, 0.1) is 0 Å². The van der Waals surface area contributed by atoms with Crippen LogP contribution in [-0.2, 0) is 11.2 Å². The number of carboxylic acids is 1.